The van der Waals surface area contributed by atoms with Gasteiger partial charge in [-0.15, -0.1) is 0 Å². The van der Waals surface area contributed by atoms with E-state index in [0.29, 0.717) is 6.04 Å². The lowest BCUT2D eigenvalue weighted by atomic mass is 9.91. The van der Waals surface area contributed by atoms with Crippen LogP contribution in [0.2, 0.25) is 0 Å². The highest BCUT2D eigenvalue weighted by atomic mass is 15.1. The van der Waals surface area contributed by atoms with E-state index >= 15 is 0 Å². The van der Waals surface area contributed by atoms with Crippen LogP contribution in [-0.4, -0.2) is 38.6 Å². The highest BCUT2D eigenvalue weighted by molar-refractivity contribution is 5.50. The van der Waals surface area contributed by atoms with Crippen molar-refractivity contribution in [3.63, 3.8) is 0 Å². The Morgan fingerprint density at radius 1 is 0.743 bits per heavy atom. The van der Waals surface area contributed by atoms with Gasteiger partial charge >= 0.3 is 0 Å². The molecule has 0 aliphatic heterocycles. The van der Waals surface area contributed by atoms with Crippen molar-refractivity contribution in [1.82, 2.24) is 4.90 Å². The summed E-state index contributed by atoms with van der Waals surface area (Å²) >= 11 is 0. The molecule has 35 heavy (non-hydrogen) atoms. The van der Waals surface area contributed by atoms with Crippen molar-refractivity contribution in [2.75, 3.05) is 43.9 Å². The summed E-state index contributed by atoms with van der Waals surface area (Å²) < 4.78 is 0. The second kappa shape index (κ2) is 13.9. The van der Waals surface area contributed by atoms with Crippen molar-refractivity contribution < 1.29 is 0 Å². The average Bonchev–Trinajstić information content (AvgIpc) is 2.87. The highest BCUT2D eigenvalue weighted by Gasteiger charge is 2.19. The van der Waals surface area contributed by atoms with E-state index < -0.39 is 0 Å². The van der Waals surface area contributed by atoms with Crippen molar-refractivity contribution in [2.24, 2.45) is 0 Å². The molecule has 0 bridgehead atoms. The van der Waals surface area contributed by atoms with Crippen molar-refractivity contribution in [3.05, 3.63) is 95.1 Å². The zero-order chi connectivity index (χ0) is 25.0. The van der Waals surface area contributed by atoms with Gasteiger partial charge in [0.05, 0.1) is 0 Å². The molecule has 3 aromatic rings. The molecule has 188 valence electrons. The quantitative estimate of drug-likeness (QED) is 0.261. The number of anilines is 2. The molecule has 3 aromatic carbocycles. The van der Waals surface area contributed by atoms with Gasteiger partial charge in [0.15, 0.2) is 0 Å². The van der Waals surface area contributed by atoms with Crippen LogP contribution in [0.4, 0.5) is 11.4 Å². The second-order valence-corrected chi connectivity index (χ2v) is 9.84. The summed E-state index contributed by atoms with van der Waals surface area (Å²) in [6.07, 6.45) is 5.43. The lowest BCUT2D eigenvalue weighted by Gasteiger charge is -2.28. The second-order valence-electron chi connectivity index (χ2n) is 9.84. The Bertz CT molecular complexity index is 1020. The van der Waals surface area contributed by atoms with Gasteiger partial charge in [0.2, 0.25) is 0 Å². The molecule has 1 N–H and O–H groups in total. The van der Waals surface area contributed by atoms with Crippen LogP contribution in [0.25, 0.3) is 0 Å². The molecule has 1 atom stereocenters. The van der Waals surface area contributed by atoms with E-state index in [1.54, 1.807) is 0 Å². The molecule has 3 nitrogen and oxygen atoms in total. The molecular weight excluding hydrogens is 426 g/mol. The smallest absolute Gasteiger partial charge is 0.0385 e. The first-order valence-electron chi connectivity index (χ1n) is 13.5. The molecule has 0 aliphatic rings. The lowest BCUT2D eigenvalue weighted by molar-refractivity contribution is 0.296. The number of likely N-dealkylation sites (N-methyl/N-ethyl adjacent to an activating group) is 1. The number of nitrogens with zero attached hydrogens (tertiary/aromatic N) is 2. The minimum Gasteiger partial charge on any atom is -0.385 e. The molecule has 1 unspecified atom stereocenters. The van der Waals surface area contributed by atoms with Gasteiger partial charge in [0, 0.05) is 37.1 Å². The van der Waals surface area contributed by atoms with Crippen LogP contribution < -0.4 is 10.2 Å². The van der Waals surface area contributed by atoms with E-state index in [1.807, 2.05) is 0 Å². The van der Waals surface area contributed by atoms with Crippen molar-refractivity contribution in [2.45, 2.75) is 58.9 Å². The van der Waals surface area contributed by atoms with Gasteiger partial charge in [-0.25, -0.2) is 0 Å². The van der Waals surface area contributed by atoms with Gasteiger partial charge in [0.25, 0.3) is 0 Å². The first-order valence-corrected chi connectivity index (χ1v) is 13.5. The summed E-state index contributed by atoms with van der Waals surface area (Å²) in [6, 6.07) is 27.4. The number of rotatable bonds is 14. The maximum Gasteiger partial charge on any atom is 0.0385 e. The van der Waals surface area contributed by atoms with Gasteiger partial charge in [-0.1, -0.05) is 69.3 Å². The summed E-state index contributed by atoms with van der Waals surface area (Å²) in [6.45, 7) is 9.97. The third kappa shape index (κ3) is 7.86. The number of hydrogen-bond donors (Lipinski definition) is 1. The zero-order valence-electron chi connectivity index (χ0n) is 22.6. The molecule has 3 rings (SSSR count). The standard InChI is InChI=1S/C32H45N3/c1-6-19-33-29-16-11-13-27(23-29)25-32(34(4)5)31-18-10-9-15-28(31)22-26-14-12-17-30(24-26)35(20-7-2)21-8-3/h9-18,23-24,32-33H,6-8,19-22,25H2,1-5H3. The fourth-order valence-corrected chi connectivity index (χ4v) is 4.88. The molecule has 3 heteroatoms. The van der Waals surface area contributed by atoms with E-state index in [4.69, 9.17) is 0 Å². The molecule has 0 aliphatic carbocycles. The topological polar surface area (TPSA) is 18.5 Å². The molecule has 0 fully saturated rings. The van der Waals surface area contributed by atoms with Gasteiger partial charge in [-0.2, -0.15) is 0 Å². The van der Waals surface area contributed by atoms with E-state index in [-0.39, 0.29) is 0 Å². The largest absolute Gasteiger partial charge is 0.385 e. The molecular formula is C32H45N3. The van der Waals surface area contributed by atoms with E-state index in [9.17, 15) is 0 Å². The van der Waals surface area contributed by atoms with Gasteiger partial charge in [-0.3, -0.25) is 0 Å². The predicted molar refractivity (Wildman–Crippen MR) is 154 cm³/mol. The van der Waals surface area contributed by atoms with Crippen molar-refractivity contribution in [3.8, 4) is 0 Å². The fraction of sp³-hybridized carbons (Fsp3) is 0.438. The average molecular weight is 472 g/mol. The number of benzene rings is 3. The Hall–Kier alpha value is -2.78. The van der Waals surface area contributed by atoms with Gasteiger partial charge in [-0.05, 0) is 92.7 Å². The van der Waals surface area contributed by atoms with Crippen LogP contribution >= 0.6 is 0 Å². The SMILES string of the molecule is CCCNc1cccc(CC(c2ccccc2Cc2cccc(N(CCC)CCC)c2)N(C)C)c1. The minimum absolute atomic E-state index is 0.326. The Morgan fingerprint density at radius 3 is 2.17 bits per heavy atom. The Labute approximate surface area is 214 Å². The van der Waals surface area contributed by atoms with Crippen LogP contribution in [0, 0.1) is 0 Å². The summed E-state index contributed by atoms with van der Waals surface area (Å²) in [7, 11) is 4.41. The van der Waals surface area contributed by atoms with Crippen LogP contribution in [0.15, 0.2) is 72.8 Å². The van der Waals surface area contributed by atoms with Crippen LogP contribution in [0.1, 0.15) is 68.3 Å². The first kappa shape index (κ1) is 26.8. The molecule has 0 amide bonds. The summed E-state index contributed by atoms with van der Waals surface area (Å²) in [5.74, 6) is 0. The van der Waals surface area contributed by atoms with E-state index in [1.165, 1.54) is 46.5 Å². The Balaban J connectivity index is 1.85. The first-order chi connectivity index (χ1) is 17.0. The third-order valence-electron chi connectivity index (χ3n) is 6.63. The van der Waals surface area contributed by atoms with Crippen molar-refractivity contribution in [1.29, 1.82) is 0 Å². The number of nitrogens with one attached hydrogen (secondary N) is 1. The molecule has 0 heterocycles. The Morgan fingerprint density at radius 2 is 1.46 bits per heavy atom. The predicted octanol–water partition coefficient (Wildman–Crippen LogP) is 7.57. The normalized spacial score (nSPS) is 12.1. The van der Waals surface area contributed by atoms with E-state index in [0.717, 1.165) is 38.9 Å². The maximum atomic E-state index is 3.54. The maximum absolute atomic E-state index is 3.54. The molecule has 0 spiro atoms. The molecule has 0 radical (unpaired) electrons. The van der Waals surface area contributed by atoms with Gasteiger partial charge < -0.3 is 15.1 Å². The Kier molecular flexibility index (Phi) is 10.7. The van der Waals surface area contributed by atoms with E-state index in [2.05, 4.69) is 123 Å². The molecule has 0 saturated carbocycles. The summed E-state index contributed by atoms with van der Waals surface area (Å²) in [5, 5.41) is 3.54. The number of hydrogen-bond acceptors (Lipinski definition) is 3. The molecule has 0 aromatic heterocycles. The minimum atomic E-state index is 0.326. The third-order valence-corrected chi connectivity index (χ3v) is 6.63. The highest BCUT2D eigenvalue weighted by Crippen LogP contribution is 2.29. The summed E-state index contributed by atoms with van der Waals surface area (Å²) in [5.41, 5.74) is 8.17. The van der Waals surface area contributed by atoms with Crippen LogP contribution in [-0.2, 0) is 12.8 Å². The monoisotopic (exact) mass is 471 g/mol. The fourth-order valence-electron chi connectivity index (χ4n) is 4.88. The molecule has 0 saturated heterocycles. The zero-order valence-corrected chi connectivity index (χ0v) is 22.6. The van der Waals surface area contributed by atoms with Crippen LogP contribution in [0.3, 0.4) is 0 Å². The lowest BCUT2D eigenvalue weighted by Crippen LogP contribution is -2.25. The van der Waals surface area contributed by atoms with Gasteiger partial charge in [0.1, 0.15) is 0 Å². The van der Waals surface area contributed by atoms with Crippen LogP contribution in [0.5, 0.6) is 0 Å². The summed E-state index contributed by atoms with van der Waals surface area (Å²) in [4.78, 5) is 4.89. The van der Waals surface area contributed by atoms with Crippen molar-refractivity contribution >= 4 is 11.4 Å².